The summed E-state index contributed by atoms with van der Waals surface area (Å²) in [6.07, 6.45) is 1.83. The molecule has 3 saturated heterocycles. The lowest BCUT2D eigenvalue weighted by molar-refractivity contribution is -0.120. The van der Waals surface area contributed by atoms with Crippen molar-refractivity contribution in [3.05, 3.63) is 48.5 Å². The maximum absolute atomic E-state index is 10.6. The lowest BCUT2D eigenvalue weighted by Crippen LogP contribution is -2.46. The minimum atomic E-state index is 0.209. The zero-order valence-electron chi connectivity index (χ0n) is 28.2. The van der Waals surface area contributed by atoms with Gasteiger partial charge in [-0.25, -0.2) is 9.97 Å². The summed E-state index contributed by atoms with van der Waals surface area (Å²) in [5.74, 6) is 2.11. The molecular formula is C34H50N10O3S2. The van der Waals surface area contributed by atoms with E-state index in [2.05, 4.69) is 46.0 Å². The zero-order chi connectivity index (χ0) is 34.1. The van der Waals surface area contributed by atoms with E-state index in [1.165, 1.54) is 13.1 Å². The van der Waals surface area contributed by atoms with Gasteiger partial charge in [0.1, 0.15) is 0 Å². The Balaban J connectivity index is 0.000000150. The van der Waals surface area contributed by atoms with Crippen molar-refractivity contribution in [1.29, 1.82) is 0 Å². The summed E-state index contributed by atoms with van der Waals surface area (Å²) < 4.78 is 0. The van der Waals surface area contributed by atoms with E-state index in [1.807, 2.05) is 59.1 Å². The summed E-state index contributed by atoms with van der Waals surface area (Å²) in [6.45, 7) is 14.7. The number of aliphatic hydroxyl groups is 1. The van der Waals surface area contributed by atoms with Gasteiger partial charge in [-0.3, -0.25) is 24.3 Å². The number of hydrogen-bond donors (Lipinski definition) is 4. The van der Waals surface area contributed by atoms with Gasteiger partial charge >= 0.3 is 0 Å². The largest absolute Gasteiger partial charge is 0.395 e. The quantitative estimate of drug-likeness (QED) is 0.126. The third-order valence-electron chi connectivity index (χ3n) is 8.77. The maximum atomic E-state index is 10.6. The number of piperazine rings is 3. The molecule has 7 rings (SSSR count). The van der Waals surface area contributed by atoms with Crippen molar-refractivity contribution in [3.8, 4) is 0 Å². The number of fused-ring (bicyclic) bond motifs is 2. The normalized spacial score (nSPS) is 17.7. The van der Waals surface area contributed by atoms with Gasteiger partial charge in [-0.2, -0.15) is 0 Å². The Labute approximate surface area is 297 Å². The van der Waals surface area contributed by atoms with Gasteiger partial charge in [-0.15, -0.1) is 0 Å². The number of benzene rings is 2. The van der Waals surface area contributed by atoms with E-state index in [4.69, 9.17) is 5.11 Å². The first-order valence-corrected chi connectivity index (χ1v) is 19.1. The number of H-pyrrole nitrogens is 2. The molecule has 0 saturated carbocycles. The van der Waals surface area contributed by atoms with Crippen molar-refractivity contribution in [1.82, 2.24) is 49.8 Å². The lowest BCUT2D eigenvalue weighted by atomic mass is 10.3. The number of amides is 2. The van der Waals surface area contributed by atoms with Gasteiger partial charge in [0.25, 0.3) is 0 Å². The van der Waals surface area contributed by atoms with E-state index in [-0.39, 0.29) is 6.61 Å². The van der Waals surface area contributed by atoms with Gasteiger partial charge < -0.3 is 30.2 Å². The Morgan fingerprint density at radius 1 is 0.612 bits per heavy atom. The molecule has 0 spiro atoms. The third-order valence-corrected chi connectivity index (χ3v) is 10.5. The predicted octanol–water partition coefficient (Wildman–Crippen LogP) is 1.74. The first kappa shape index (κ1) is 37.1. The Hall–Kier alpha value is -3.18. The van der Waals surface area contributed by atoms with E-state index >= 15 is 0 Å². The number of carbonyl (C=O) groups excluding carboxylic acids is 2. The highest BCUT2D eigenvalue weighted by Crippen LogP contribution is 2.20. The number of aromatic nitrogens is 4. The van der Waals surface area contributed by atoms with Crippen LogP contribution in [0, 0.1) is 0 Å². The molecule has 13 nitrogen and oxygen atoms in total. The molecule has 4 aromatic rings. The van der Waals surface area contributed by atoms with E-state index < -0.39 is 0 Å². The minimum Gasteiger partial charge on any atom is -0.395 e. The van der Waals surface area contributed by atoms with E-state index in [1.54, 1.807) is 16.7 Å². The van der Waals surface area contributed by atoms with Gasteiger partial charge in [0.15, 0.2) is 10.3 Å². The van der Waals surface area contributed by atoms with Crippen molar-refractivity contribution in [2.45, 2.75) is 10.3 Å². The fraction of sp³-hybridized carbons (Fsp3) is 0.529. The summed E-state index contributed by atoms with van der Waals surface area (Å²) >= 11 is 3.57. The van der Waals surface area contributed by atoms with Gasteiger partial charge in [-0.1, -0.05) is 47.8 Å². The van der Waals surface area contributed by atoms with E-state index in [0.29, 0.717) is 0 Å². The number of carbonyl (C=O) groups is 2. The number of nitrogens with one attached hydrogen (secondary N) is 3. The number of nitrogens with zero attached hydrogens (tertiary/aromatic N) is 7. The van der Waals surface area contributed by atoms with Crippen LogP contribution >= 0.6 is 23.5 Å². The zero-order valence-corrected chi connectivity index (χ0v) is 29.8. The number of thioether (sulfide) groups is 2. The van der Waals surface area contributed by atoms with Gasteiger partial charge in [0.2, 0.25) is 12.8 Å². The summed E-state index contributed by atoms with van der Waals surface area (Å²) in [4.78, 5) is 47.4. The van der Waals surface area contributed by atoms with Crippen LogP contribution in [0.4, 0.5) is 0 Å². The van der Waals surface area contributed by atoms with Crippen molar-refractivity contribution >= 4 is 58.4 Å². The molecule has 0 unspecified atom stereocenters. The van der Waals surface area contributed by atoms with Crippen LogP contribution in [0.3, 0.4) is 0 Å². The highest BCUT2D eigenvalue weighted by Gasteiger charge is 2.16. The summed E-state index contributed by atoms with van der Waals surface area (Å²) in [5.41, 5.74) is 4.30. The van der Waals surface area contributed by atoms with Crippen LogP contribution in [0.5, 0.6) is 0 Å². The molecule has 3 aliphatic heterocycles. The van der Waals surface area contributed by atoms with Gasteiger partial charge in [-0.05, 0) is 24.3 Å². The number of aliphatic hydroxyl groups excluding tert-OH is 1. The molecule has 5 heterocycles. The molecule has 4 N–H and O–H groups in total. The molecule has 3 aliphatic rings. The molecule has 15 heteroatoms. The average Bonchev–Trinajstić information content (AvgIpc) is 3.77. The number of imidazole rings is 2. The number of rotatable bonds is 12. The summed E-state index contributed by atoms with van der Waals surface area (Å²) in [5, 5.41) is 14.0. The van der Waals surface area contributed by atoms with Crippen LogP contribution in [0.1, 0.15) is 0 Å². The van der Waals surface area contributed by atoms with E-state index in [9.17, 15) is 9.59 Å². The number of hydrogen-bond acceptors (Lipinski definition) is 11. The van der Waals surface area contributed by atoms with Crippen molar-refractivity contribution in [2.75, 3.05) is 116 Å². The average molecular weight is 711 g/mol. The number of para-hydroxylation sites is 4. The lowest BCUT2D eigenvalue weighted by Gasteiger charge is -2.32. The SMILES string of the molecule is O=CN1CCN(CCO)CC1.O=CN1CCN(CCSc2nc3ccccc3[nH]2)CC1.c1ccc2[nH]c(SCCN3CCNCC3)nc2c1. The molecule has 0 bridgehead atoms. The van der Waals surface area contributed by atoms with Crippen molar-refractivity contribution in [2.24, 2.45) is 0 Å². The van der Waals surface area contributed by atoms with Crippen molar-refractivity contribution < 1.29 is 14.7 Å². The standard InChI is InChI=1S/C14H18N4OS.C13H18N4S.C7H14N2O2/c19-11-18-7-5-17(6-8-18)9-10-20-14-15-12-3-1-2-4-13(12)16-14;1-2-4-12-11(3-1)15-13(16-12)18-10-9-17-7-5-14-6-8-17;10-6-5-8-1-3-9(7-11)4-2-8/h1-4,11H,5-10H2,(H,15,16);1-4,14H,5-10H2,(H,15,16);7,10H,1-6H2. The summed E-state index contributed by atoms with van der Waals surface area (Å²) in [7, 11) is 0. The Morgan fingerprint density at radius 3 is 1.47 bits per heavy atom. The molecule has 0 atom stereocenters. The molecule has 266 valence electrons. The molecule has 2 amide bonds. The van der Waals surface area contributed by atoms with Crippen LogP contribution in [0.15, 0.2) is 58.8 Å². The highest BCUT2D eigenvalue weighted by atomic mass is 32.2. The fourth-order valence-electron chi connectivity index (χ4n) is 5.80. The highest BCUT2D eigenvalue weighted by molar-refractivity contribution is 7.99. The van der Waals surface area contributed by atoms with Crippen LogP contribution < -0.4 is 5.32 Å². The maximum Gasteiger partial charge on any atom is 0.209 e. The smallest absolute Gasteiger partial charge is 0.209 e. The second-order valence-corrected chi connectivity index (χ2v) is 14.3. The topological polar surface area (TPSA) is 140 Å². The van der Waals surface area contributed by atoms with Crippen LogP contribution in [-0.2, 0) is 9.59 Å². The fourth-order valence-corrected chi connectivity index (χ4v) is 7.57. The Bertz CT molecular complexity index is 1470. The molecular weight excluding hydrogens is 661 g/mol. The number of β-amino-alcohol motifs (C(OH)–C–C–N with tert-alkyl or cyclic N) is 1. The second-order valence-electron chi connectivity index (χ2n) is 12.1. The third kappa shape index (κ3) is 12.3. The molecule has 0 radical (unpaired) electrons. The monoisotopic (exact) mass is 710 g/mol. The molecule has 2 aromatic carbocycles. The second kappa shape index (κ2) is 20.5. The molecule has 3 fully saturated rings. The van der Waals surface area contributed by atoms with E-state index in [0.717, 1.165) is 142 Å². The minimum absolute atomic E-state index is 0.209. The molecule has 2 aromatic heterocycles. The Morgan fingerprint density at radius 2 is 1.04 bits per heavy atom. The van der Waals surface area contributed by atoms with Gasteiger partial charge in [0, 0.05) is 110 Å². The Kier molecular flexibility index (Phi) is 15.5. The summed E-state index contributed by atoms with van der Waals surface area (Å²) in [6, 6.07) is 16.3. The van der Waals surface area contributed by atoms with Crippen LogP contribution in [0.2, 0.25) is 0 Å². The molecule has 0 aliphatic carbocycles. The van der Waals surface area contributed by atoms with Crippen LogP contribution in [-0.4, -0.2) is 179 Å². The van der Waals surface area contributed by atoms with Crippen molar-refractivity contribution in [3.63, 3.8) is 0 Å². The predicted molar refractivity (Wildman–Crippen MR) is 198 cm³/mol. The van der Waals surface area contributed by atoms with Crippen LogP contribution in [0.25, 0.3) is 22.1 Å². The first-order chi connectivity index (χ1) is 24.1. The number of aromatic amines is 2. The first-order valence-electron chi connectivity index (χ1n) is 17.2. The molecule has 49 heavy (non-hydrogen) atoms. The van der Waals surface area contributed by atoms with Gasteiger partial charge in [0.05, 0.1) is 28.7 Å².